The summed E-state index contributed by atoms with van der Waals surface area (Å²) in [7, 11) is 0. The molecule has 1 aliphatic carbocycles. The lowest BCUT2D eigenvalue weighted by Gasteiger charge is -2.34. The zero-order chi connectivity index (χ0) is 13.5. The van der Waals surface area contributed by atoms with Crippen molar-refractivity contribution < 1.29 is 4.79 Å². The first-order chi connectivity index (χ1) is 8.33. The van der Waals surface area contributed by atoms with Gasteiger partial charge in [-0.3, -0.25) is 4.79 Å². The van der Waals surface area contributed by atoms with Crippen molar-refractivity contribution in [1.29, 1.82) is 0 Å². The molecule has 0 atom stereocenters. The number of ketones is 1. The summed E-state index contributed by atoms with van der Waals surface area (Å²) in [6.45, 7) is 10.7. The quantitative estimate of drug-likeness (QED) is 0.693. The van der Waals surface area contributed by atoms with Crippen LogP contribution in [0.2, 0.25) is 0 Å². The second kappa shape index (κ2) is 4.53. The molecule has 1 heteroatoms. The van der Waals surface area contributed by atoms with Crippen molar-refractivity contribution in [2.75, 3.05) is 0 Å². The van der Waals surface area contributed by atoms with Gasteiger partial charge in [0.15, 0.2) is 5.78 Å². The Kier molecular flexibility index (Phi) is 3.35. The minimum atomic E-state index is 0.199. The lowest BCUT2D eigenvalue weighted by atomic mass is 9.71. The zero-order valence-electron chi connectivity index (χ0n) is 12.3. The summed E-state index contributed by atoms with van der Waals surface area (Å²) in [6.07, 6.45) is 3.60. The molecule has 0 bridgehead atoms. The van der Waals surface area contributed by atoms with Gasteiger partial charge >= 0.3 is 0 Å². The fourth-order valence-electron chi connectivity index (χ4n) is 3.14. The van der Waals surface area contributed by atoms with Gasteiger partial charge in [-0.1, -0.05) is 33.8 Å². The van der Waals surface area contributed by atoms with Crippen molar-refractivity contribution in [3.8, 4) is 0 Å². The number of hydrogen-bond donors (Lipinski definition) is 0. The van der Waals surface area contributed by atoms with Gasteiger partial charge in [-0.05, 0) is 60.3 Å². The summed E-state index contributed by atoms with van der Waals surface area (Å²) in [4.78, 5) is 11.8. The van der Waals surface area contributed by atoms with Crippen LogP contribution in [0.3, 0.4) is 0 Å². The summed E-state index contributed by atoms with van der Waals surface area (Å²) in [5.74, 6) is 0.608. The molecule has 1 aliphatic rings. The van der Waals surface area contributed by atoms with Gasteiger partial charge in [0.25, 0.3) is 0 Å². The summed E-state index contributed by atoms with van der Waals surface area (Å²) in [5.41, 5.74) is 5.26. The molecule has 0 unspecified atom stereocenters. The second-order valence-corrected chi connectivity index (χ2v) is 6.54. The van der Waals surface area contributed by atoms with E-state index in [9.17, 15) is 4.79 Å². The van der Waals surface area contributed by atoms with Crippen LogP contribution in [0.25, 0.3) is 0 Å². The van der Waals surface area contributed by atoms with Gasteiger partial charge in [0.05, 0.1) is 0 Å². The molecule has 2 rings (SSSR count). The number of benzene rings is 1. The summed E-state index contributed by atoms with van der Waals surface area (Å²) in [5, 5.41) is 0. The van der Waals surface area contributed by atoms with Crippen LogP contribution in [0.5, 0.6) is 0 Å². The summed E-state index contributed by atoms with van der Waals surface area (Å²) < 4.78 is 0. The second-order valence-electron chi connectivity index (χ2n) is 6.54. The first-order valence-corrected chi connectivity index (χ1v) is 7.01. The predicted molar refractivity (Wildman–Crippen MR) is 76.5 cm³/mol. The van der Waals surface area contributed by atoms with Gasteiger partial charge in [-0.2, -0.15) is 0 Å². The third-order valence-electron chi connectivity index (χ3n) is 4.25. The lowest BCUT2D eigenvalue weighted by Crippen LogP contribution is -2.25. The van der Waals surface area contributed by atoms with Gasteiger partial charge in [0.1, 0.15) is 0 Å². The van der Waals surface area contributed by atoms with Gasteiger partial charge in [0.2, 0.25) is 0 Å². The molecule has 0 fully saturated rings. The molecule has 1 nitrogen and oxygen atoms in total. The standard InChI is InChI=1S/C17H24O/c1-11(2)14-10-16-13(9-15(14)12(3)18)7-6-8-17(16,4)5/h9-11H,6-8H2,1-5H3. The first kappa shape index (κ1) is 13.3. The molecule has 0 saturated heterocycles. The monoisotopic (exact) mass is 244 g/mol. The Bertz CT molecular complexity index is 481. The molecule has 0 spiro atoms. The van der Waals surface area contributed by atoms with Crippen LogP contribution >= 0.6 is 0 Å². The SMILES string of the molecule is CC(=O)c1cc2c(cc1C(C)C)C(C)(C)CCC2. The molecule has 0 aliphatic heterocycles. The number of Topliss-reactive ketones (excluding diaryl/α,β-unsaturated/α-hetero) is 1. The molecule has 0 heterocycles. The van der Waals surface area contributed by atoms with Crippen molar-refractivity contribution in [3.63, 3.8) is 0 Å². The molecule has 18 heavy (non-hydrogen) atoms. The van der Waals surface area contributed by atoms with Gasteiger partial charge in [-0.25, -0.2) is 0 Å². The van der Waals surface area contributed by atoms with Gasteiger partial charge in [0, 0.05) is 5.56 Å². The highest BCUT2D eigenvalue weighted by molar-refractivity contribution is 5.96. The Morgan fingerprint density at radius 3 is 2.50 bits per heavy atom. The maximum atomic E-state index is 11.8. The molecule has 0 amide bonds. The third-order valence-corrected chi connectivity index (χ3v) is 4.25. The lowest BCUT2D eigenvalue weighted by molar-refractivity contribution is 0.101. The Morgan fingerprint density at radius 2 is 1.94 bits per heavy atom. The summed E-state index contributed by atoms with van der Waals surface area (Å²) in [6, 6.07) is 4.46. The van der Waals surface area contributed by atoms with Gasteiger partial charge in [-0.15, -0.1) is 0 Å². The minimum Gasteiger partial charge on any atom is -0.295 e. The van der Waals surface area contributed by atoms with E-state index in [4.69, 9.17) is 0 Å². The summed E-state index contributed by atoms with van der Waals surface area (Å²) >= 11 is 0. The maximum absolute atomic E-state index is 11.8. The number of aryl methyl sites for hydroxylation is 1. The normalized spacial score (nSPS) is 17.7. The number of carbonyl (C=O) groups excluding carboxylic acids is 1. The molecule has 0 saturated carbocycles. The molecule has 98 valence electrons. The van der Waals surface area contributed by atoms with E-state index in [0.717, 1.165) is 12.0 Å². The topological polar surface area (TPSA) is 17.1 Å². The van der Waals surface area contributed by atoms with Crippen molar-refractivity contribution in [2.24, 2.45) is 0 Å². The molecule has 0 aromatic heterocycles. The molecule has 0 N–H and O–H groups in total. The zero-order valence-corrected chi connectivity index (χ0v) is 12.3. The van der Waals surface area contributed by atoms with E-state index < -0.39 is 0 Å². The van der Waals surface area contributed by atoms with Crippen LogP contribution in [0.4, 0.5) is 0 Å². The van der Waals surface area contributed by atoms with E-state index in [1.807, 2.05) is 0 Å². The minimum absolute atomic E-state index is 0.199. The average molecular weight is 244 g/mol. The smallest absolute Gasteiger partial charge is 0.160 e. The molecular formula is C17H24O. The molecule has 1 aromatic rings. The highest BCUT2D eigenvalue weighted by atomic mass is 16.1. The number of carbonyl (C=O) groups is 1. The van der Waals surface area contributed by atoms with E-state index in [2.05, 4.69) is 39.8 Å². The third kappa shape index (κ3) is 2.23. The van der Waals surface area contributed by atoms with E-state index in [0.29, 0.717) is 5.92 Å². The highest BCUT2D eigenvalue weighted by Crippen LogP contribution is 2.39. The van der Waals surface area contributed by atoms with Crippen LogP contribution in [0.1, 0.15) is 80.4 Å². The predicted octanol–water partition coefficient (Wildman–Crippen LogP) is 4.63. The van der Waals surface area contributed by atoms with Crippen LogP contribution < -0.4 is 0 Å². The fraction of sp³-hybridized carbons (Fsp3) is 0.588. The Balaban J connectivity index is 2.65. The Labute approximate surface area is 111 Å². The van der Waals surface area contributed by atoms with E-state index >= 15 is 0 Å². The van der Waals surface area contributed by atoms with Crippen LogP contribution in [-0.4, -0.2) is 5.78 Å². The van der Waals surface area contributed by atoms with Crippen LogP contribution in [0, 0.1) is 0 Å². The fourth-order valence-corrected chi connectivity index (χ4v) is 3.14. The van der Waals surface area contributed by atoms with E-state index in [1.54, 1.807) is 6.92 Å². The van der Waals surface area contributed by atoms with Crippen molar-refractivity contribution in [1.82, 2.24) is 0 Å². The van der Waals surface area contributed by atoms with Crippen LogP contribution in [-0.2, 0) is 11.8 Å². The van der Waals surface area contributed by atoms with Crippen molar-refractivity contribution >= 4 is 5.78 Å². The number of rotatable bonds is 2. The number of fused-ring (bicyclic) bond motifs is 1. The van der Waals surface area contributed by atoms with Gasteiger partial charge < -0.3 is 0 Å². The van der Waals surface area contributed by atoms with Crippen molar-refractivity contribution in [3.05, 3.63) is 34.4 Å². The average Bonchev–Trinajstić information content (AvgIpc) is 2.27. The molecule has 0 radical (unpaired) electrons. The Morgan fingerprint density at radius 1 is 1.28 bits per heavy atom. The Hall–Kier alpha value is -1.11. The largest absolute Gasteiger partial charge is 0.295 e. The van der Waals surface area contributed by atoms with Crippen molar-refractivity contribution in [2.45, 2.75) is 65.2 Å². The van der Waals surface area contributed by atoms with Crippen LogP contribution in [0.15, 0.2) is 12.1 Å². The van der Waals surface area contributed by atoms with E-state index in [-0.39, 0.29) is 11.2 Å². The first-order valence-electron chi connectivity index (χ1n) is 7.01. The maximum Gasteiger partial charge on any atom is 0.160 e. The highest BCUT2D eigenvalue weighted by Gasteiger charge is 2.29. The number of hydrogen-bond acceptors (Lipinski definition) is 1. The van der Waals surface area contributed by atoms with E-state index in [1.165, 1.54) is 29.5 Å². The molecule has 1 aromatic carbocycles. The molecular weight excluding hydrogens is 220 g/mol.